The maximum absolute atomic E-state index is 10.8. The lowest BCUT2D eigenvalue weighted by atomic mass is 10.1. The van der Waals surface area contributed by atoms with Crippen LogP contribution in [0.1, 0.15) is 12.8 Å². The van der Waals surface area contributed by atoms with Gasteiger partial charge in [0.15, 0.2) is 11.5 Å². The maximum Gasteiger partial charge on any atom is 0.198 e. The Bertz CT molecular complexity index is 230. The molecule has 0 amide bonds. The first-order valence-corrected chi connectivity index (χ1v) is 3.77. The van der Waals surface area contributed by atoms with Gasteiger partial charge in [-0.25, -0.2) is 0 Å². The zero-order valence-electron chi connectivity index (χ0n) is 6.01. The summed E-state index contributed by atoms with van der Waals surface area (Å²) >= 11 is 5.66. The van der Waals surface area contributed by atoms with Gasteiger partial charge in [0.05, 0.1) is 5.03 Å². The highest BCUT2D eigenvalue weighted by Gasteiger charge is 2.29. The van der Waals surface area contributed by atoms with Crippen LogP contribution in [0.25, 0.3) is 0 Å². The molecule has 0 bridgehead atoms. The number of rotatable bonds is 2. The number of carbonyl (C=O) groups is 1. The van der Waals surface area contributed by atoms with Gasteiger partial charge in [0, 0.05) is 12.3 Å². The Kier molecular flexibility index (Phi) is 2.35. The molecule has 0 saturated heterocycles. The molecular formula is C8H9ClO2. The van der Waals surface area contributed by atoms with Crippen LogP contribution < -0.4 is 0 Å². The van der Waals surface area contributed by atoms with E-state index in [0.29, 0.717) is 12.8 Å². The number of hydrogen-bond acceptors (Lipinski definition) is 2. The summed E-state index contributed by atoms with van der Waals surface area (Å²) < 4.78 is 0. The summed E-state index contributed by atoms with van der Waals surface area (Å²) in [5.74, 6) is -0.568. The van der Waals surface area contributed by atoms with E-state index in [1.807, 2.05) is 0 Å². The molecule has 1 unspecified atom stereocenters. The van der Waals surface area contributed by atoms with E-state index < -0.39 is 0 Å². The monoisotopic (exact) mass is 172 g/mol. The first kappa shape index (κ1) is 8.34. The van der Waals surface area contributed by atoms with Crippen LogP contribution in [0.15, 0.2) is 23.4 Å². The summed E-state index contributed by atoms with van der Waals surface area (Å²) in [5, 5.41) is 9.31. The van der Waals surface area contributed by atoms with Gasteiger partial charge < -0.3 is 5.11 Å². The van der Waals surface area contributed by atoms with Crippen molar-refractivity contribution in [2.75, 3.05) is 0 Å². The minimum absolute atomic E-state index is 0.0401. The molecule has 0 aromatic heterocycles. The number of ketones is 1. The molecule has 0 aromatic carbocycles. The van der Waals surface area contributed by atoms with E-state index in [1.165, 1.54) is 0 Å². The molecule has 1 atom stereocenters. The number of hydrogen-bond donors (Lipinski definition) is 1. The molecule has 0 radical (unpaired) electrons. The molecule has 0 saturated carbocycles. The van der Waals surface area contributed by atoms with Crippen molar-refractivity contribution in [1.82, 2.24) is 0 Å². The number of carbonyl (C=O) groups excluding carboxylic acids is 1. The number of aliphatic hydroxyl groups is 1. The number of aliphatic hydroxyl groups excluding tert-OH is 1. The molecule has 1 aliphatic carbocycles. The third-order valence-electron chi connectivity index (χ3n) is 1.73. The van der Waals surface area contributed by atoms with Gasteiger partial charge in [0.25, 0.3) is 0 Å². The molecule has 1 N–H and O–H groups in total. The second-order valence-corrected chi connectivity index (χ2v) is 2.95. The van der Waals surface area contributed by atoms with Crippen LogP contribution in [0.3, 0.4) is 0 Å². The Morgan fingerprint density at radius 3 is 2.82 bits per heavy atom. The van der Waals surface area contributed by atoms with Gasteiger partial charge in [-0.05, 0) is 6.42 Å². The zero-order valence-corrected chi connectivity index (χ0v) is 6.77. The molecule has 3 heteroatoms. The molecule has 2 nitrogen and oxygen atoms in total. The van der Waals surface area contributed by atoms with Crippen molar-refractivity contribution in [2.45, 2.75) is 12.8 Å². The molecular weight excluding hydrogens is 164 g/mol. The van der Waals surface area contributed by atoms with Crippen molar-refractivity contribution in [2.24, 2.45) is 5.92 Å². The quantitative estimate of drug-likeness (QED) is 0.649. The van der Waals surface area contributed by atoms with Gasteiger partial charge in [-0.15, -0.1) is 6.58 Å². The van der Waals surface area contributed by atoms with Crippen LogP contribution in [-0.2, 0) is 4.79 Å². The van der Waals surface area contributed by atoms with E-state index in [2.05, 4.69) is 6.58 Å². The lowest BCUT2D eigenvalue weighted by Crippen LogP contribution is -1.97. The second kappa shape index (κ2) is 3.09. The summed E-state index contributed by atoms with van der Waals surface area (Å²) in [4.78, 5) is 10.8. The molecule has 0 fully saturated rings. The van der Waals surface area contributed by atoms with Crippen molar-refractivity contribution >= 4 is 17.4 Å². The summed E-state index contributed by atoms with van der Waals surface area (Å²) in [6.45, 7) is 3.53. The highest BCUT2D eigenvalue weighted by molar-refractivity contribution is 6.33. The van der Waals surface area contributed by atoms with E-state index in [1.54, 1.807) is 6.08 Å². The SMILES string of the molecule is C=CCC1CC(=O)C(O)=C1Cl. The Hall–Kier alpha value is -0.760. The summed E-state index contributed by atoms with van der Waals surface area (Å²) in [7, 11) is 0. The Morgan fingerprint density at radius 1 is 1.82 bits per heavy atom. The predicted octanol–water partition coefficient (Wildman–Crippen LogP) is 2.16. The molecule has 0 heterocycles. The van der Waals surface area contributed by atoms with Crippen molar-refractivity contribution in [1.29, 1.82) is 0 Å². The van der Waals surface area contributed by atoms with Crippen molar-refractivity contribution in [3.8, 4) is 0 Å². The van der Waals surface area contributed by atoms with Crippen LogP contribution in [0.2, 0.25) is 0 Å². The summed E-state index contributed by atoms with van der Waals surface area (Å²) in [6, 6.07) is 0. The van der Waals surface area contributed by atoms with Gasteiger partial charge in [0.1, 0.15) is 0 Å². The normalized spacial score (nSPS) is 24.5. The lowest BCUT2D eigenvalue weighted by Gasteiger charge is -2.02. The standard InChI is InChI=1S/C8H9ClO2/c1-2-3-5-4-6(10)8(11)7(5)9/h2,5,11H,1,3-4H2. The Morgan fingerprint density at radius 2 is 2.45 bits per heavy atom. The van der Waals surface area contributed by atoms with Crippen molar-refractivity contribution < 1.29 is 9.90 Å². The molecule has 1 aliphatic rings. The third-order valence-corrected chi connectivity index (χ3v) is 2.22. The lowest BCUT2D eigenvalue weighted by molar-refractivity contribution is -0.117. The fourth-order valence-electron chi connectivity index (χ4n) is 1.12. The topological polar surface area (TPSA) is 37.3 Å². The smallest absolute Gasteiger partial charge is 0.198 e. The highest BCUT2D eigenvalue weighted by Crippen LogP contribution is 2.33. The van der Waals surface area contributed by atoms with Crippen LogP contribution in [-0.4, -0.2) is 10.9 Å². The van der Waals surface area contributed by atoms with Crippen molar-refractivity contribution in [3.63, 3.8) is 0 Å². The van der Waals surface area contributed by atoms with E-state index in [4.69, 9.17) is 16.7 Å². The number of halogens is 1. The number of Topliss-reactive ketones (excluding diaryl/α,β-unsaturated/α-hetero) is 1. The second-order valence-electron chi connectivity index (χ2n) is 2.55. The zero-order chi connectivity index (χ0) is 8.43. The summed E-state index contributed by atoms with van der Waals surface area (Å²) in [5.41, 5.74) is 0. The van der Waals surface area contributed by atoms with Crippen LogP contribution >= 0.6 is 11.6 Å². The van der Waals surface area contributed by atoms with E-state index >= 15 is 0 Å². The molecule has 0 aromatic rings. The molecule has 1 rings (SSSR count). The van der Waals surface area contributed by atoms with Gasteiger partial charge in [-0.2, -0.15) is 0 Å². The summed E-state index contributed by atoms with van der Waals surface area (Å²) in [6.07, 6.45) is 2.66. The largest absolute Gasteiger partial charge is 0.504 e. The van der Waals surface area contributed by atoms with E-state index in [0.717, 1.165) is 0 Å². The fourth-order valence-corrected chi connectivity index (χ4v) is 1.40. The molecule has 60 valence electrons. The highest BCUT2D eigenvalue weighted by atomic mass is 35.5. The molecule has 0 spiro atoms. The van der Waals surface area contributed by atoms with E-state index in [9.17, 15) is 4.79 Å². The van der Waals surface area contributed by atoms with Gasteiger partial charge >= 0.3 is 0 Å². The van der Waals surface area contributed by atoms with E-state index in [-0.39, 0.29) is 22.5 Å². The van der Waals surface area contributed by atoms with Crippen molar-refractivity contribution in [3.05, 3.63) is 23.4 Å². The molecule has 11 heavy (non-hydrogen) atoms. The minimum Gasteiger partial charge on any atom is -0.504 e. The van der Waals surface area contributed by atoms with Crippen LogP contribution in [0.5, 0.6) is 0 Å². The van der Waals surface area contributed by atoms with Gasteiger partial charge in [-0.3, -0.25) is 4.79 Å². The maximum atomic E-state index is 10.8. The number of allylic oxidation sites excluding steroid dienone is 3. The fraction of sp³-hybridized carbons (Fsp3) is 0.375. The first-order valence-electron chi connectivity index (χ1n) is 3.39. The van der Waals surface area contributed by atoms with Crippen LogP contribution in [0.4, 0.5) is 0 Å². The third kappa shape index (κ3) is 1.46. The predicted molar refractivity (Wildman–Crippen MR) is 43.4 cm³/mol. The Balaban J connectivity index is 2.76. The average Bonchev–Trinajstić information content (AvgIpc) is 2.19. The average molecular weight is 173 g/mol. The van der Waals surface area contributed by atoms with Gasteiger partial charge in [-0.1, -0.05) is 17.7 Å². The Labute approximate surface area is 70.2 Å². The van der Waals surface area contributed by atoms with Crippen LogP contribution in [0, 0.1) is 5.92 Å². The van der Waals surface area contributed by atoms with Gasteiger partial charge in [0.2, 0.25) is 0 Å². The first-order chi connectivity index (χ1) is 5.16. The minimum atomic E-state index is -0.265. The molecule has 0 aliphatic heterocycles.